The van der Waals surface area contributed by atoms with Crippen LogP contribution in [0.2, 0.25) is 0 Å². The highest BCUT2D eigenvalue weighted by atomic mass is 32.2. The molecule has 7 nitrogen and oxygen atoms in total. The van der Waals surface area contributed by atoms with Crippen molar-refractivity contribution in [3.63, 3.8) is 0 Å². The second kappa shape index (κ2) is 4.10. The van der Waals surface area contributed by atoms with Gasteiger partial charge < -0.3 is 5.73 Å². The summed E-state index contributed by atoms with van der Waals surface area (Å²) >= 11 is 0. The molecule has 92 valence electrons. The van der Waals surface area contributed by atoms with Crippen molar-refractivity contribution < 1.29 is 8.42 Å². The molecule has 0 aromatic carbocycles. The Morgan fingerprint density at radius 3 is 2.50 bits per heavy atom. The van der Waals surface area contributed by atoms with Gasteiger partial charge in [0.15, 0.2) is 15.7 Å². The first-order valence-electron chi connectivity index (χ1n) is 4.86. The van der Waals surface area contributed by atoms with Crippen LogP contribution in [0.5, 0.6) is 0 Å². The number of nitrogens with two attached hydrogens (primary N) is 1. The Kier molecular flexibility index (Phi) is 3.34. The Hall–Kier alpha value is -1.02. The van der Waals surface area contributed by atoms with Crippen LogP contribution in [0, 0.1) is 0 Å². The van der Waals surface area contributed by atoms with E-state index < -0.39 is 14.6 Å². The summed E-state index contributed by atoms with van der Waals surface area (Å²) in [5, 5.41) is 11.0. The number of nitrogens with zero attached hydrogens (tertiary/aromatic N) is 4. The highest BCUT2D eigenvalue weighted by molar-refractivity contribution is 7.92. The molecule has 0 amide bonds. The first kappa shape index (κ1) is 13.0. The minimum absolute atomic E-state index is 0.190. The lowest BCUT2D eigenvalue weighted by molar-refractivity contribution is 0.451. The average Bonchev–Trinajstić information content (AvgIpc) is 2.49. The summed E-state index contributed by atoms with van der Waals surface area (Å²) in [5.74, 6) is 0.483. The third-order valence-corrected chi connectivity index (χ3v) is 4.64. The van der Waals surface area contributed by atoms with Crippen molar-refractivity contribution in [2.75, 3.05) is 6.26 Å². The van der Waals surface area contributed by atoms with Gasteiger partial charge >= 0.3 is 0 Å². The highest BCUT2D eigenvalue weighted by Crippen LogP contribution is 2.18. The van der Waals surface area contributed by atoms with Crippen LogP contribution in [0.3, 0.4) is 0 Å². The van der Waals surface area contributed by atoms with Gasteiger partial charge in [0.05, 0.1) is 17.3 Å². The molecule has 1 rings (SSSR count). The summed E-state index contributed by atoms with van der Waals surface area (Å²) in [6, 6.07) is -0.328. The summed E-state index contributed by atoms with van der Waals surface area (Å²) in [6.45, 7) is 5.20. The fraction of sp³-hybridized carbons (Fsp3) is 0.875. The van der Waals surface area contributed by atoms with Crippen molar-refractivity contribution in [2.45, 2.75) is 38.1 Å². The topological polar surface area (TPSA) is 104 Å². The van der Waals surface area contributed by atoms with Crippen LogP contribution in [-0.4, -0.2) is 39.6 Å². The summed E-state index contributed by atoms with van der Waals surface area (Å²) < 4.78 is 23.6. The zero-order chi connectivity index (χ0) is 12.6. The Morgan fingerprint density at radius 1 is 1.50 bits per heavy atom. The van der Waals surface area contributed by atoms with Gasteiger partial charge in [0, 0.05) is 6.26 Å². The van der Waals surface area contributed by atoms with Crippen LogP contribution in [0.15, 0.2) is 0 Å². The maximum Gasteiger partial charge on any atom is 0.167 e. The molecule has 0 aliphatic rings. The minimum Gasteiger partial charge on any atom is -0.322 e. The normalized spacial score (nSPS) is 15.1. The first-order chi connectivity index (χ1) is 7.15. The van der Waals surface area contributed by atoms with E-state index in [0.717, 1.165) is 0 Å². The summed E-state index contributed by atoms with van der Waals surface area (Å²) in [6.07, 6.45) is 1.20. The predicted octanol–water partition coefficient (Wildman–Crippen LogP) is -0.484. The van der Waals surface area contributed by atoms with E-state index in [1.165, 1.54) is 10.9 Å². The second-order valence-corrected chi connectivity index (χ2v) is 7.16. The van der Waals surface area contributed by atoms with E-state index in [1.807, 2.05) is 0 Å². The number of hydrogen-bond donors (Lipinski definition) is 1. The maximum atomic E-state index is 11.5. The van der Waals surface area contributed by atoms with Crippen molar-refractivity contribution >= 4 is 9.84 Å². The van der Waals surface area contributed by atoms with Crippen LogP contribution >= 0.6 is 0 Å². The third kappa shape index (κ3) is 2.56. The van der Waals surface area contributed by atoms with Crippen molar-refractivity contribution in [2.24, 2.45) is 5.73 Å². The Balaban J connectivity index is 3.02. The highest BCUT2D eigenvalue weighted by Gasteiger charge is 2.32. The van der Waals surface area contributed by atoms with Gasteiger partial charge in [0.1, 0.15) is 0 Å². The minimum atomic E-state index is -3.18. The number of aromatic nitrogens is 4. The fourth-order valence-electron chi connectivity index (χ4n) is 1.13. The molecule has 1 aromatic rings. The van der Waals surface area contributed by atoms with Crippen molar-refractivity contribution in [1.82, 2.24) is 20.2 Å². The molecular formula is C8H17N5O2S. The van der Waals surface area contributed by atoms with Gasteiger partial charge in [-0.05, 0) is 31.2 Å². The van der Waals surface area contributed by atoms with Gasteiger partial charge in [-0.2, -0.15) is 0 Å². The molecule has 0 saturated heterocycles. The van der Waals surface area contributed by atoms with Crippen LogP contribution in [0.1, 0.15) is 32.6 Å². The summed E-state index contributed by atoms with van der Waals surface area (Å²) in [7, 11) is -3.18. The number of rotatable bonds is 4. The molecule has 0 bridgehead atoms. The monoisotopic (exact) mass is 247 g/mol. The lowest BCUT2D eigenvalue weighted by Gasteiger charge is -2.22. The SMILES string of the molecule is CC(N)c1nnnn1CC(C)(C)S(C)(=O)=O. The van der Waals surface area contributed by atoms with Crippen LogP contribution in [0.25, 0.3) is 0 Å². The largest absolute Gasteiger partial charge is 0.322 e. The smallest absolute Gasteiger partial charge is 0.167 e. The zero-order valence-electron chi connectivity index (χ0n) is 9.88. The van der Waals surface area contributed by atoms with Gasteiger partial charge in [0.2, 0.25) is 0 Å². The molecule has 16 heavy (non-hydrogen) atoms. The van der Waals surface area contributed by atoms with E-state index in [0.29, 0.717) is 5.82 Å². The molecule has 0 aliphatic heterocycles. The van der Waals surface area contributed by atoms with E-state index in [2.05, 4.69) is 15.5 Å². The van der Waals surface area contributed by atoms with Gasteiger partial charge in [-0.1, -0.05) is 0 Å². The van der Waals surface area contributed by atoms with Gasteiger partial charge in [-0.3, -0.25) is 0 Å². The van der Waals surface area contributed by atoms with Crippen LogP contribution in [0.4, 0.5) is 0 Å². The molecule has 1 heterocycles. The lowest BCUT2D eigenvalue weighted by atomic mass is 10.2. The van der Waals surface area contributed by atoms with Crippen molar-refractivity contribution in [3.8, 4) is 0 Å². The van der Waals surface area contributed by atoms with E-state index >= 15 is 0 Å². The van der Waals surface area contributed by atoms with Gasteiger partial charge in [-0.15, -0.1) is 5.10 Å². The Morgan fingerprint density at radius 2 is 2.06 bits per heavy atom. The van der Waals surface area contributed by atoms with Crippen LogP contribution in [-0.2, 0) is 16.4 Å². The predicted molar refractivity (Wildman–Crippen MR) is 59.3 cm³/mol. The van der Waals surface area contributed by atoms with E-state index in [4.69, 9.17) is 5.73 Å². The maximum absolute atomic E-state index is 11.5. The van der Waals surface area contributed by atoms with E-state index in [-0.39, 0.29) is 12.6 Å². The number of sulfone groups is 1. The molecule has 1 unspecified atom stereocenters. The zero-order valence-corrected chi connectivity index (χ0v) is 10.7. The first-order valence-corrected chi connectivity index (χ1v) is 6.75. The molecule has 1 aromatic heterocycles. The van der Waals surface area contributed by atoms with E-state index in [9.17, 15) is 8.42 Å². The van der Waals surface area contributed by atoms with Crippen molar-refractivity contribution in [1.29, 1.82) is 0 Å². The molecular weight excluding hydrogens is 230 g/mol. The molecule has 0 radical (unpaired) electrons. The summed E-state index contributed by atoms with van der Waals surface area (Å²) in [4.78, 5) is 0. The molecule has 8 heteroatoms. The summed E-state index contributed by atoms with van der Waals surface area (Å²) in [5.41, 5.74) is 5.67. The van der Waals surface area contributed by atoms with Gasteiger partial charge in [-0.25, -0.2) is 13.1 Å². The molecule has 0 fully saturated rings. The van der Waals surface area contributed by atoms with Crippen LogP contribution < -0.4 is 5.73 Å². The molecule has 2 N–H and O–H groups in total. The van der Waals surface area contributed by atoms with E-state index in [1.54, 1.807) is 20.8 Å². The Labute approximate surface area is 94.9 Å². The standard InChI is InChI=1S/C8H17N5O2S/c1-6(9)7-10-11-12-13(7)5-8(2,3)16(4,14)15/h6H,5,9H2,1-4H3. The number of hydrogen-bond acceptors (Lipinski definition) is 6. The Bertz CT molecular complexity index is 463. The molecule has 1 atom stereocenters. The molecule has 0 saturated carbocycles. The third-order valence-electron chi connectivity index (χ3n) is 2.50. The fourth-order valence-corrected chi connectivity index (χ4v) is 1.49. The van der Waals surface area contributed by atoms with Gasteiger partial charge in [0.25, 0.3) is 0 Å². The lowest BCUT2D eigenvalue weighted by Crippen LogP contribution is -2.37. The molecule has 0 spiro atoms. The quantitative estimate of drug-likeness (QED) is 0.770. The second-order valence-electron chi connectivity index (χ2n) is 4.52. The average molecular weight is 247 g/mol. The molecule has 0 aliphatic carbocycles. The van der Waals surface area contributed by atoms with Crippen molar-refractivity contribution in [3.05, 3.63) is 5.82 Å². The number of tetrazole rings is 1.